The second-order valence-corrected chi connectivity index (χ2v) is 10.4. The summed E-state index contributed by atoms with van der Waals surface area (Å²) in [6, 6.07) is 17.0. The molecule has 0 aliphatic heterocycles. The molecule has 4 atom stereocenters. The highest BCUT2D eigenvalue weighted by Gasteiger charge is 2.43. The molecule has 1 saturated carbocycles. The van der Waals surface area contributed by atoms with Gasteiger partial charge in [-0.15, -0.1) is 0 Å². The highest BCUT2D eigenvalue weighted by atomic mass is 16.3. The summed E-state index contributed by atoms with van der Waals surface area (Å²) in [7, 11) is 1.84. The van der Waals surface area contributed by atoms with Crippen molar-refractivity contribution in [3.05, 3.63) is 66.6 Å². The molecule has 0 bridgehead atoms. The Labute approximate surface area is 224 Å². The van der Waals surface area contributed by atoms with E-state index >= 15 is 0 Å². The van der Waals surface area contributed by atoms with Gasteiger partial charge in [0.15, 0.2) is 0 Å². The third-order valence-electron chi connectivity index (χ3n) is 8.05. The van der Waals surface area contributed by atoms with Crippen molar-refractivity contribution >= 4 is 27.6 Å². The van der Waals surface area contributed by atoms with Crippen LogP contribution in [-0.2, 0) is 6.42 Å². The Morgan fingerprint density at radius 2 is 1.87 bits per heavy atom. The van der Waals surface area contributed by atoms with Gasteiger partial charge < -0.3 is 30.3 Å². The predicted molar refractivity (Wildman–Crippen MR) is 153 cm³/mol. The number of aliphatic hydroxyl groups excluding tert-OH is 2. The Morgan fingerprint density at radius 3 is 2.68 bits per heavy atom. The standard InChI is InChI=1S/C30H40N6O2/c1-3-35(15-6-13-32-14-11-21-9-10-22-7-4-5-8-23(22)17-21)19-24-18-26(28(38)27(24)37)36-16-12-25-29(31-2)33-20-34-30(25)36/h4-5,7-10,12,16-17,20,24,26-28,32,37-38H,3,6,11,13-15,18-19H2,1-2H3,(H,31,33,34)/t24-,26-,27-,28+/m1/s1. The van der Waals surface area contributed by atoms with E-state index in [1.165, 1.54) is 22.7 Å². The third kappa shape index (κ3) is 5.68. The van der Waals surface area contributed by atoms with Gasteiger partial charge in [-0.3, -0.25) is 0 Å². The molecule has 4 N–H and O–H groups in total. The molecule has 4 aromatic rings. The lowest BCUT2D eigenvalue weighted by molar-refractivity contribution is 0.000574. The smallest absolute Gasteiger partial charge is 0.145 e. The van der Waals surface area contributed by atoms with Gasteiger partial charge in [0.25, 0.3) is 0 Å². The first kappa shape index (κ1) is 26.6. The van der Waals surface area contributed by atoms with Crippen LogP contribution in [0.15, 0.2) is 61.1 Å². The zero-order valence-corrected chi connectivity index (χ0v) is 22.4. The highest BCUT2D eigenvalue weighted by Crippen LogP contribution is 2.38. The molecule has 2 aromatic carbocycles. The first-order valence-corrected chi connectivity index (χ1v) is 13.8. The van der Waals surface area contributed by atoms with Crippen LogP contribution >= 0.6 is 0 Å². The van der Waals surface area contributed by atoms with Crippen molar-refractivity contribution < 1.29 is 10.2 Å². The predicted octanol–water partition coefficient (Wildman–Crippen LogP) is 3.45. The van der Waals surface area contributed by atoms with Gasteiger partial charge in [0.2, 0.25) is 0 Å². The van der Waals surface area contributed by atoms with Crippen LogP contribution in [0.4, 0.5) is 5.82 Å². The molecule has 0 radical (unpaired) electrons. The van der Waals surface area contributed by atoms with Gasteiger partial charge in [-0.1, -0.05) is 49.4 Å². The van der Waals surface area contributed by atoms with Crippen molar-refractivity contribution in [3.63, 3.8) is 0 Å². The number of fused-ring (bicyclic) bond motifs is 2. The van der Waals surface area contributed by atoms with Crippen molar-refractivity contribution in [1.82, 2.24) is 24.8 Å². The SMILES string of the molecule is CCN(CCCNCCc1ccc2ccccc2c1)C[C@H]1C[C@@H](n2ccc3c(NC)ncnc32)[C@H](O)[C@@H]1O. The third-order valence-corrected chi connectivity index (χ3v) is 8.05. The number of rotatable bonds is 12. The molecule has 38 heavy (non-hydrogen) atoms. The van der Waals surface area contributed by atoms with Crippen LogP contribution in [-0.4, -0.2) is 81.6 Å². The summed E-state index contributed by atoms with van der Waals surface area (Å²) < 4.78 is 2.00. The van der Waals surface area contributed by atoms with Crippen LogP contribution in [0.2, 0.25) is 0 Å². The number of hydrogen-bond donors (Lipinski definition) is 4. The number of anilines is 1. The maximum Gasteiger partial charge on any atom is 0.145 e. The van der Waals surface area contributed by atoms with Crippen LogP contribution in [0.25, 0.3) is 21.8 Å². The number of benzene rings is 2. The summed E-state index contributed by atoms with van der Waals surface area (Å²) >= 11 is 0. The topological polar surface area (TPSA) is 98.5 Å². The summed E-state index contributed by atoms with van der Waals surface area (Å²) in [6.45, 7) is 6.76. The number of nitrogens with zero attached hydrogens (tertiary/aromatic N) is 4. The molecule has 1 fully saturated rings. The normalized spacial score (nSPS) is 21.6. The minimum Gasteiger partial charge on any atom is -0.390 e. The van der Waals surface area contributed by atoms with Crippen molar-refractivity contribution in [2.45, 2.75) is 44.4 Å². The van der Waals surface area contributed by atoms with E-state index in [1.54, 1.807) is 0 Å². The average molecular weight is 517 g/mol. The van der Waals surface area contributed by atoms with Crippen LogP contribution in [0, 0.1) is 5.92 Å². The van der Waals surface area contributed by atoms with E-state index in [4.69, 9.17) is 0 Å². The molecule has 2 heterocycles. The quantitative estimate of drug-likeness (QED) is 0.214. The van der Waals surface area contributed by atoms with Crippen LogP contribution in [0.3, 0.4) is 0 Å². The van der Waals surface area contributed by atoms with Gasteiger partial charge >= 0.3 is 0 Å². The summed E-state index contributed by atoms with van der Waals surface area (Å²) in [5.41, 5.74) is 2.14. The molecule has 8 heteroatoms. The molecule has 8 nitrogen and oxygen atoms in total. The molecular weight excluding hydrogens is 476 g/mol. The number of aromatic nitrogens is 3. The van der Waals surface area contributed by atoms with E-state index in [0.29, 0.717) is 6.42 Å². The van der Waals surface area contributed by atoms with Crippen molar-refractivity contribution in [2.75, 3.05) is 45.1 Å². The summed E-state index contributed by atoms with van der Waals surface area (Å²) in [6.07, 6.45) is 4.69. The first-order chi connectivity index (χ1) is 18.6. The maximum absolute atomic E-state index is 10.9. The average Bonchev–Trinajstić information content (AvgIpc) is 3.50. The fraction of sp³-hybridized carbons (Fsp3) is 0.467. The molecule has 2 aromatic heterocycles. The van der Waals surface area contributed by atoms with Crippen LogP contribution < -0.4 is 10.6 Å². The molecule has 1 aliphatic carbocycles. The van der Waals surface area contributed by atoms with E-state index in [0.717, 1.165) is 62.4 Å². The lowest BCUT2D eigenvalue weighted by Gasteiger charge is -2.26. The lowest BCUT2D eigenvalue weighted by Crippen LogP contribution is -2.37. The van der Waals surface area contributed by atoms with E-state index in [1.807, 2.05) is 23.9 Å². The van der Waals surface area contributed by atoms with Gasteiger partial charge in [0.1, 0.15) is 23.9 Å². The van der Waals surface area contributed by atoms with E-state index < -0.39 is 12.2 Å². The molecule has 1 aliphatic rings. The summed E-state index contributed by atoms with van der Waals surface area (Å²) in [5.74, 6) is 0.778. The Bertz CT molecular complexity index is 1340. The van der Waals surface area contributed by atoms with Gasteiger partial charge in [0, 0.05) is 25.7 Å². The molecule has 202 valence electrons. The monoisotopic (exact) mass is 516 g/mol. The molecule has 0 spiro atoms. The Balaban J connectivity index is 1.09. The van der Waals surface area contributed by atoms with Gasteiger partial charge in [0.05, 0.1) is 17.5 Å². The molecule has 0 unspecified atom stereocenters. The Morgan fingerprint density at radius 1 is 1.03 bits per heavy atom. The second kappa shape index (κ2) is 12.2. The minimum absolute atomic E-state index is 0.0128. The van der Waals surface area contributed by atoms with E-state index in [9.17, 15) is 10.2 Å². The first-order valence-electron chi connectivity index (χ1n) is 13.8. The zero-order chi connectivity index (χ0) is 26.5. The number of hydrogen-bond acceptors (Lipinski definition) is 7. The fourth-order valence-electron chi connectivity index (χ4n) is 5.88. The molecule has 5 rings (SSSR count). The van der Waals surface area contributed by atoms with Gasteiger partial charge in [-0.25, -0.2) is 9.97 Å². The van der Waals surface area contributed by atoms with E-state index in [-0.39, 0.29) is 12.0 Å². The van der Waals surface area contributed by atoms with Crippen LogP contribution in [0.1, 0.15) is 31.4 Å². The lowest BCUT2D eigenvalue weighted by atomic mass is 10.0. The second-order valence-electron chi connectivity index (χ2n) is 10.4. The summed E-state index contributed by atoms with van der Waals surface area (Å²) in [4.78, 5) is 11.1. The van der Waals surface area contributed by atoms with Gasteiger partial charge in [-0.2, -0.15) is 0 Å². The molecular formula is C30H40N6O2. The molecule has 0 amide bonds. The number of aliphatic hydroxyl groups is 2. The Kier molecular flexibility index (Phi) is 8.54. The maximum atomic E-state index is 10.9. The van der Waals surface area contributed by atoms with Gasteiger partial charge in [-0.05, 0) is 67.8 Å². The van der Waals surface area contributed by atoms with Crippen molar-refractivity contribution in [2.24, 2.45) is 5.92 Å². The summed E-state index contributed by atoms with van der Waals surface area (Å²) in [5, 5.41) is 32.0. The van der Waals surface area contributed by atoms with Crippen molar-refractivity contribution in [3.8, 4) is 0 Å². The van der Waals surface area contributed by atoms with Crippen LogP contribution in [0.5, 0.6) is 0 Å². The minimum atomic E-state index is -0.820. The fourth-order valence-corrected chi connectivity index (χ4v) is 5.88. The van der Waals surface area contributed by atoms with Crippen molar-refractivity contribution in [1.29, 1.82) is 0 Å². The zero-order valence-electron chi connectivity index (χ0n) is 22.4. The largest absolute Gasteiger partial charge is 0.390 e. The highest BCUT2D eigenvalue weighted by molar-refractivity contribution is 5.87. The van der Waals surface area contributed by atoms with E-state index in [2.05, 4.69) is 74.9 Å². The molecule has 0 saturated heterocycles. The number of nitrogens with one attached hydrogen (secondary N) is 2. The Hall–Kier alpha value is -3.04.